The van der Waals surface area contributed by atoms with Crippen LogP contribution in [0.2, 0.25) is 10.0 Å². The third kappa shape index (κ3) is 6.42. The molecular formula is C29H36Cl2N2O3S. The van der Waals surface area contributed by atoms with Crippen LogP contribution in [0.5, 0.6) is 0 Å². The highest BCUT2D eigenvalue weighted by Crippen LogP contribution is 2.54. The molecule has 4 atom stereocenters. The Kier molecular flexibility index (Phi) is 8.74. The largest absolute Gasteiger partial charge is 0.330 e. The summed E-state index contributed by atoms with van der Waals surface area (Å²) in [5.74, 6) is 0.306. The first-order chi connectivity index (χ1) is 17.6. The molecule has 2 aromatic rings. The van der Waals surface area contributed by atoms with Crippen molar-refractivity contribution in [3.05, 3.63) is 82.4 Å². The summed E-state index contributed by atoms with van der Waals surface area (Å²) in [5.41, 5.74) is 1.36. The van der Waals surface area contributed by atoms with Gasteiger partial charge in [0.1, 0.15) is 0 Å². The number of carbonyl (C=O) groups excluding carboxylic acids is 1. The number of halogens is 2. The van der Waals surface area contributed by atoms with Gasteiger partial charge in [0.05, 0.1) is 17.2 Å². The number of allylic oxidation sites excluding steroid dienone is 1. The highest BCUT2D eigenvalue weighted by molar-refractivity contribution is 7.89. The normalized spacial score (nSPS) is 25.2. The first kappa shape index (κ1) is 28.2. The fraction of sp³-hybridized carbons (Fsp3) is 0.483. The number of hydrogen-bond acceptors (Lipinski definition) is 3. The minimum Gasteiger partial charge on any atom is -0.330 e. The highest BCUT2D eigenvalue weighted by atomic mass is 35.5. The zero-order valence-electron chi connectivity index (χ0n) is 21.5. The van der Waals surface area contributed by atoms with Crippen molar-refractivity contribution in [2.75, 3.05) is 12.3 Å². The van der Waals surface area contributed by atoms with Crippen LogP contribution in [0.4, 0.5) is 0 Å². The second-order valence-corrected chi connectivity index (χ2v) is 13.5. The molecule has 5 nitrogen and oxygen atoms in total. The SMILES string of the molecule is C=CCC1(C)CC(c2cccc(Cl)c2)C(c2ccc(Cl)cc2)N(C(CNS(=O)(=O)CCC)C2CC2)C1=O. The average Bonchev–Trinajstić information content (AvgIpc) is 3.68. The quantitative estimate of drug-likeness (QED) is 0.308. The minimum atomic E-state index is -3.43. The van der Waals surface area contributed by atoms with Crippen LogP contribution < -0.4 is 4.72 Å². The minimum absolute atomic E-state index is 0.0391. The molecule has 200 valence electrons. The first-order valence-electron chi connectivity index (χ1n) is 13.0. The Morgan fingerprint density at radius 2 is 1.84 bits per heavy atom. The third-order valence-electron chi connectivity index (χ3n) is 7.69. The van der Waals surface area contributed by atoms with E-state index in [0.717, 1.165) is 24.0 Å². The monoisotopic (exact) mass is 562 g/mol. The fourth-order valence-electron chi connectivity index (χ4n) is 5.78. The molecule has 1 N–H and O–H groups in total. The number of likely N-dealkylation sites (tertiary alicyclic amines) is 1. The smallest absolute Gasteiger partial charge is 0.229 e. The molecular weight excluding hydrogens is 527 g/mol. The number of rotatable bonds is 11. The summed E-state index contributed by atoms with van der Waals surface area (Å²) in [6, 6.07) is 15.0. The summed E-state index contributed by atoms with van der Waals surface area (Å²) in [5, 5.41) is 1.27. The number of nitrogens with zero attached hydrogens (tertiary/aromatic N) is 1. The molecule has 1 saturated heterocycles. The Labute approximate surface area is 231 Å². The van der Waals surface area contributed by atoms with Crippen molar-refractivity contribution in [1.82, 2.24) is 9.62 Å². The summed E-state index contributed by atoms with van der Waals surface area (Å²) < 4.78 is 28.1. The van der Waals surface area contributed by atoms with Gasteiger partial charge in [-0.15, -0.1) is 6.58 Å². The Balaban J connectivity index is 1.85. The molecule has 37 heavy (non-hydrogen) atoms. The van der Waals surface area contributed by atoms with Crippen LogP contribution in [-0.4, -0.2) is 37.6 Å². The summed E-state index contributed by atoms with van der Waals surface area (Å²) >= 11 is 12.7. The Hall–Kier alpha value is -1.86. The zero-order chi connectivity index (χ0) is 26.8. The molecule has 1 aliphatic heterocycles. The molecule has 1 amide bonds. The molecule has 2 aliphatic rings. The molecule has 8 heteroatoms. The predicted octanol–water partition coefficient (Wildman–Crippen LogP) is 6.74. The van der Waals surface area contributed by atoms with Gasteiger partial charge in [0.15, 0.2) is 0 Å². The van der Waals surface area contributed by atoms with Crippen molar-refractivity contribution in [3.63, 3.8) is 0 Å². The van der Waals surface area contributed by atoms with Crippen LogP contribution in [0.25, 0.3) is 0 Å². The highest BCUT2D eigenvalue weighted by Gasteiger charge is 2.53. The second-order valence-electron chi connectivity index (χ2n) is 10.7. The van der Waals surface area contributed by atoms with E-state index in [1.165, 1.54) is 0 Å². The van der Waals surface area contributed by atoms with Gasteiger partial charge in [-0.3, -0.25) is 4.79 Å². The van der Waals surface area contributed by atoms with Crippen LogP contribution in [0.15, 0.2) is 61.2 Å². The maximum absolute atomic E-state index is 14.4. The van der Waals surface area contributed by atoms with E-state index in [1.807, 2.05) is 67.3 Å². The number of benzene rings is 2. The molecule has 4 rings (SSSR count). The number of hydrogen-bond donors (Lipinski definition) is 1. The summed E-state index contributed by atoms with van der Waals surface area (Å²) in [6.45, 7) is 8.00. The van der Waals surface area contributed by atoms with Gasteiger partial charge in [0, 0.05) is 28.5 Å². The van der Waals surface area contributed by atoms with Crippen molar-refractivity contribution in [2.24, 2.45) is 11.3 Å². The van der Waals surface area contributed by atoms with Gasteiger partial charge in [-0.2, -0.15) is 0 Å². The molecule has 0 aromatic heterocycles. The lowest BCUT2D eigenvalue weighted by molar-refractivity contribution is -0.155. The van der Waals surface area contributed by atoms with Gasteiger partial charge in [-0.05, 0) is 73.4 Å². The van der Waals surface area contributed by atoms with Gasteiger partial charge in [0.25, 0.3) is 0 Å². The standard InChI is InChI=1S/C29H36Cl2N2O3S/c1-4-15-29(3)18-25(22-7-6-8-24(31)17-22)27(21-11-13-23(30)14-12-21)33(28(29)34)26(20-9-10-20)19-32-37(35,36)16-5-2/h4,6-8,11-14,17,20,25-27,32H,1,5,9-10,15-16,18-19H2,2-3H3. The average molecular weight is 564 g/mol. The summed E-state index contributed by atoms with van der Waals surface area (Å²) in [7, 11) is -3.43. The van der Waals surface area contributed by atoms with E-state index < -0.39 is 15.4 Å². The van der Waals surface area contributed by atoms with Crippen LogP contribution in [0.3, 0.4) is 0 Å². The predicted molar refractivity (Wildman–Crippen MR) is 151 cm³/mol. The molecule has 0 radical (unpaired) electrons. The van der Waals surface area contributed by atoms with Crippen molar-refractivity contribution in [2.45, 2.75) is 64.0 Å². The molecule has 0 spiro atoms. The molecule has 2 fully saturated rings. The van der Waals surface area contributed by atoms with Crippen molar-refractivity contribution in [1.29, 1.82) is 0 Å². The fourth-order valence-corrected chi connectivity index (χ4v) is 7.21. The third-order valence-corrected chi connectivity index (χ3v) is 9.73. The van der Waals surface area contributed by atoms with Crippen LogP contribution in [0, 0.1) is 11.3 Å². The maximum atomic E-state index is 14.4. The lowest BCUT2D eigenvalue weighted by Crippen LogP contribution is -2.58. The van der Waals surface area contributed by atoms with E-state index >= 15 is 0 Å². The summed E-state index contributed by atoms with van der Waals surface area (Å²) in [4.78, 5) is 16.4. The maximum Gasteiger partial charge on any atom is 0.229 e. The van der Waals surface area contributed by atoms with Crippen molar-refractivity contribution in [3.8, 4) is 0 Å². The van der Waals surface area contributed by atoms with Gasteiger partial charge in [-0.1, -0.05) is 67.4 Å². The number of carbonyl (C=O) groups is 1. The first-order valence-corrected chi connectivity index (χ1v) is 15.4. The van der Waals surface area contributed by atoms with Crippen molar-refractivity contribution < 1.29 is 13.2 Å². The van der Waals surface area contributed by atoms with Gasteiger partial charge in [-0.25, -0.2) is 13.1 Å². The summed E-state index contributed by atoms with van der Waals surface area (Å²) in [6.07, 6.45) is 5.44. The van der Waals surface area contributed by atoms with Gasteiger partial charge >= 0.3 is 0 Å². The van der Waals surface area contributed by atoms with Crippen molar-refractivity contribution >= 4 is 39.1 Å². The Bertz CT molecular complexity index is 1230. The number of amides is 1. The van der Waals surface area contributed by atoms with Gasteiger partial charge < -0.3 is 4.90 Å². The molecule has 1 saturated carbocycles. The van der Waals surface area contributed by atoms with Gasteiger partial charge in [0.2, 0.25) is 15.9 Å². The lowest BCUT2D eigenvalue weighted by atomic mass is 9.67. The van der Waals surface area contributed by atoms with Crippen LogP contribution in [0.1, 0.15) is 69.0 Å². The molecule has 0 bridgehead atoms. The van der Waals surface area contributed by atoms with E-state index in [-0.39, 0.29) is 42.1 Å². The van der Waals surface area contributed by atoms with E-state index in [9.17, 15) is 13.2 Å². The molecule has 1 heterocycles. The topological polar surface area (TPSA) is 66.5 Å². The van der Waals surface area contributed by atoms with E-state index in [1.54, 1.807) is 0 Å². The molecule has 2 aromatic carbocycles. The van der Waals surface area contributed by atoms with E-state index in [0.29, 0.717) is 29.3 Å². The van der Waals surface area contributed by atoms with Crippen LogP contribution in [-0.2, 0) is 14.8 Å². The molecule has 4 unspecified atom stereocenters. The van der Waals surface area contributed by atoms with E-state index in [2.05, 4.69) is 17.4 Å². The number of piperidine rings is 1. The number of sulfonamides is 1. The van der Waals surface area contributed by atoms with Crippen LogP contribution >= 0.6 is 23.2 Å². The molecule has 1 aliphatic carbocycles. The second kappa shape index (κ2) is 11.5. The van der Waals surface area contributed by atoms with E-state index in [4.69, 9.17) is 23.2 Å². The Morgan fingerprint density at radius 3 is 2.43 bits per heavy atom. The Morgan fingerprint density at radius 1 is 1.14 bits per heavy atom. The number of nitrogens with one attached hydrogen (secondary N) is 1. The lowest BCUT2D eigenvalue weighted by Gasteiger charge is -2.52. The zero-order valence-corrected chi connectivity index (χ0v) is 23.8.